The molecule has 1 rings (SSSR count). The molecule has 3 heteroatoms. The van der Waals surface area contributed by atoms with Crippen molar-refractivity contribution in [2.75, 3.05) is 0 Å². The van der Waals surface area contributed by atoms with Gasteiger partial charge >= 0.3 is 0 Å². The summed E-state index contributed by atoms with van der Waals surface area (Å²) in [5.74, 6) is 0.751. The number of thiazole rings is 1. The maximum atomic E-state index is 4.38. The fourth-order valence-electron chi connectivity index (χ4n) is 1.89. The summed E-state index contributed by atoms with van der Waals surface area (Å²) in [6, 6.07) is 0.998. The van der Waals surface area contributed by atoms with Crippen molar-refractivity contribution in [1.82, 2.24) is 10.3 Å². The molecule has 0 saturated carbocycles. The van der Waals surface area contributed by atoms with Crippen LogP contribution < -0.4 is 5.32 Å². The molecule has 0 fully saturated rings. The van der Waals surface area contributed by atoms with E-state index in [2.05, 4.69) is 38.0 Å². The average Bonchev–Trinajstić information content (AvgIpc) is 2.65. The summed E-state index contributed by atoms with van der Waals surface area (Å²) in [7, 11) is 0. The predicted molar refractivity (Wildman–Crippen MR) is 67.2 cm³/mol. The third-order valence-corrected chi connectivity index (χ3v) is 3.36. The Morgan fingerprint density at radius 1 is 1.40 bits per heavy atom. The summed E-state index contributed by atoms with van der Waals surface area (Å²) < 4.78 is 0. The molecule has 0 bridgehead atoms. The molecule has 1 aromatic heterocycles. The van der Waals surface area contributed by atoms with Gasteiger partial charge in [-0.3, -0.25) is 0 Å². The van der Waals surface area contributed by atoms with Crippen LogP contribution >= 0.6 is 11.3 Å². The zero-order valence-corrected chi connectivity index (χ0v) is 11.0. The lowest BCUT2D eigenvalue weighted by Gasteiger charge is -2.21. The largest absolute Gasteiger partial charge is 0.305 e. The Bertz CT molecular complexity index is 257. The summed E-state index contributed by atoms with van der Waals surface area (Å²) in [5, 5.41) is 6.91. The van der Waals surface area contributed by atoms with E-state index in [9.17, 15) is 0 Å². The normalized spacial score (nSPS) is 15.5. The van der Waals surface area contributed by atoms with Gasteiger partial charge in [-0.25, -0.2) is 4.98 Å². The maximum Gasteiger partial charge on any atom is 0.109 e. The second-order valence-corrected chi connectivity index (χ2v) is 5.45. The SMILES string of the molecule is CCC(NC(C)CC(C)C)c1nccs1. The van der Waals surface area contributed by atoms with Crippen molar-refractivity contribution < 1.29 is 0 Å². The lowest BCUT2D eigenvalue weighted by atomic mass is 10.0. The minimum atomic E-state index is 0.429. The minimum absolute atomic E-state index is 0.429. The Hall–Kier alpha value is -0.410. The second kappa shape index (κ2) is 6.23. The number of aromatic nitrogens is 1. The molecule has 0 aromatic carbocycles. The molecule has 2 unspecified atom stereocenters. The number of hydrogen-bond donors (Lipinski definition) is 1. The standard InChI is InChI=1S/C12H22N2S/c1-5-11(12-13-6-7-15-12)14-10(4)8-9(2)3/h6-7,9-11,14H,5,8H2,1-4H3. The molecule has 1 aromatic rings. The molecule has 0 saturated heterocycles. The Balaban J connectivity index is 2.47. The number of nitrogens with one attached hydrogen (secondary N) is 1. The molecule has 0 amide bonds. The van der Waals surface area contributed by atoms with E-state index in [0.29, 0.717) is 12.1 Å². The summed E-state index contributed by atoms with van der Waals surface area (Å²) in [4.78, 5) is 4.38. The molecule has 0 aliphatic heterocycles. The molecule has 1 N–H and O–H groups in total. The van der Waals surface area contributed by atoms with E-state index < -0.39 is 0 Å². The number of nitrogens with zero attached hydrogens (tertiary/aromatic N) is 1. The smallest absolute Gasteiger partial charge is 0.109 e. The van der Waals surface area contributed by atoms with Crippen molar-refractivity contribution in [1.29, 1.82) is 0 Å². The van der Waals surface area contributed by atoms with E-state index in [1.807, 2.05) is 11.6 Å². The fraction of sp³-hybridized carbons (Fsp3) is 0.750. The average molecular weight is 226 g/mol. The summed E-state index contributed by atoms with van der Waals surface area (Å²) in [6.45, 7) is 9.00. The second-order valence-electron chi connectivity index (χ2n) is 4.53. The molecule has 86 valence electrons. The molecule has 0 spiro atoms. The molecular weight excluding hydrogens is 204 g/mol. The molecule has 0 aliphatic rings. The molecule has 2 atom stereocenters. The molecule has 15 heavy (non-hydrogen) atoms. The van der Waals surface area contributed by atoms with Gasteiger partial charge in [-0.05, 0) is 25.7 Å². The van der Waals surface area contributed by atoms with E-state index in [4.69, 9.17) is 0 Å². The highest BCUT2D eigenvalue weighted by Gasteiger charge is 2.14. The third kappa shape index (κ3) is 4.31. The van der Waals surface area contributed by atoms with Crippen LogP contribution in [0.5, 0.6) is 0 Å². The first kappa shape index (κ1) is 12.7. The first-order valence-electron chi connectivity index (χ1n) is 5.78. The minimum Gasteiger partial charge on any atom is -0.305 e. The van der Waals surface area contributed by atoms with E-state index in [1.54, 1.807) is 11.3 Å². The number of hydrogen-bond acceptors (Lipinski definition) is 3. The Morgan fingerprint density at radius 2 is 2.13 bits per heavy atom. The van der Waals surface area contributed by atoms with Gasteiger partial charge < -0.3 is 5.32 Å². The van der Waals surface area contributed by atoms with Crippen LogP contribution in [0.1, 0.15) is 51.6 Å². The van der Waals surface area contributed by atoms with Crippen molar-refractivity contribution in [2.24, 2.45) is 5.92 Å². The van der Waals surface area contributed by atoms with Crippen molar-refractivity contribution in [3.05, 3.63) is 16.6 Å². The van der Waals surface area contributed by atoms with E-state index in [1.165, 1.54) is 11.4 Å². The van der Waals surface area contributed by atoms with Crippen LogP contribution in [-0.2, 0) is 0 Å². The molecule has 0 aliphatic carbocycles. The van der Waals surface area contributed by atoms with Gasteiger partial charge in [0.1, 0.15) is 5.01 Å². The van der Waals surface area contributed by atoms with E-state index in [0.717, 1.165) is 12.3 Å². The first-order valence-corrected chi connectivity index (χ1v) is 6.66. The quantitative estimate of drug-likeness (QED) is 0.801. The topological polar surface area (TPSA) is 24.9 Å². The van der Waals surface area contributed by atoms with Gasteiger partial charge in [0.25, 0.3) is 0 Å². The van der Waals surface area contributed by atoms with Gasteiger partial charge in [0.15, 0.2) is 0 Å². The molecule has 0 radical (unpaired) electrons. The van der Waals surface area contributed by atoms with Crippen molar-refractivity contribution >= 4 is 11.3 Å². The summed E-state index contributed by atoms with van der Waals surface area (Å²) >= 11 is 1.74. The highest BCUT2D eigenvalue weighted by atomic mass is 32.1. The maximum absolute atomic E-state index is 4.38. The van der Waals surface area contributed by atoms with Gasteiger partial charge in [-0.2, -0.15) is 0 Å². The van der Waals surface area contributed by atoms with Crippen molar-refractivity contribution in [3.63, 3.8) is 0 Å². The highest BCUT2D eigenvalue weighted by Crippen LogP contribution is 2.20. The van der Waals surface area contributed by atoms with Crippen LogP contribution in [0.15, 0.2) is 11.6 Å². The van der Waals surface area contributed by atoms with Crippen LogP contribution in [0.25, 0.3) is 0 Å². The van der Waals surface area contributed by atoms with Crippen molar-refractivity contribution in [3.8, 4) is 0 Å². The molecule has 2 nitrogen and oxygen atoms in total. The molecular formula is C12H22N2S. The van der Waals surface area contributed by atoms with E-state index in [-0.39, 0.29) is 0 Å². The highest BCUT2D eigenvalue weighted by molar-refractivity contribution is 7.09. The Labute approximate surface area is 97.1 Å². The zero-order valence-electron chi connectivity index (χ0n) is 10.2. The van der Waals surface area contributed by atoms with Gasteiger partial charge in [-0.1, -0.05) is 20.8 Å². The van der Waals surface area contributed by atoms with Crippen LogP contribution in [-0.4, -0.2) is 11.0 Å². The van der Waals surface area contributed by atoms with Crippen LogP contribution in [0.4, 0.5) is 0 Å². The van der Waals surface area contributed by atoms with Gasteiger partial charge in [0.05, 0.1) is 6.04 Å². The van der Waals surface area contributed by atoms with Gasteiger partial charge in [0.2, 0.25) is 0 Å². The molecule has 1 heterocycles. The number of rotatable bonds is 6. The monoisotopic (exact) mass is 226 g/mol. The summed E-state index contributed by atoms with van der Waals surface area (Å²) in [6.07, 6.45) is 4.22. The first-order chi connectivity index (χ1) is 7.13. The lowest BCUT2D eigenvalue weighted by molar-refractivity contribution is 0.387. The Morgan fingerprint density at radius 3 is 2.60 bits per heavy atom. The Kier molecular flexibility index (Phi) is 5.26. The van der Waals surface area contributed by atoms with Gasteiger partial charge in [0, 0.05) is 17.6 Å². The van der Waals surface area contributed by atoms with E-state index >= 15 is 0 Å². The summed E-state index contributed by atoms with van der Waals surface area (Å²) in [5.41, 5.74) is 0. The third-order valence-electron chi connectivity index (χ3n) is 2.47. The van der Waals surface area contributed by atoms with Crippen LogP contribution in [0.2, 0.25) is 0 Å². The van der Waals surface area contributed by atoms with Crippen LogP contribution in [0, 0.1) is 5.92 Å². The van der Waals surface area contributed by atoms with Gasteiger partial charge in [-0.15, -0.1) is 11.3 Å². The lowest BCUT2D eigenvalue weighted by Crippen LogP contribution is -2.31. The predicted octanol–water partition coefficient (Wildman–Crippen LogP) is 3.62. The zero-order chi connectivity index (χ0) is 11.3. The van der Waals surface area contributed by atoms with Crippen molar-refractivity contribution in [2.45, 2.75) is 52.6 Å². The fourth-order valence-corrected chi connectivity index (χ4v) is 2.67. The van der Waals surface area contributed by atoms with Crippen LogP contribution in [0.3, 0.4) is 0 Å².